The SMILES string of the molecule is COc1cccc2[nH]c(C(=O)NC(C)C(=O)N3CCN(Cc4ccccc4)CC3)cc12. The Hall–Kier alpha value is -3.32. The van der Waals surface area contributed by atoms with Crippen LogP contribution < -0.4 is 10.1 Å². The number of methoxy groups -OCH3 is 1. The molecule has 1 aromatic heterocycles. The fraction of sp³-hybridized carbons (Fsp3) is 0.333. The fourth-order valence-corrected chi connectivity index (χ4v) is 4.01. The van der Waals surface area contributed by atoms with Crippen LogP contribution in [0.4, 0.5) is 0 Å². The van der Waals surface area contributed by atoms with Gasteiger partial charge in [-0.2, -0.15) is 0 Å². The second kappa shape index (κ2) is 9.22. The zero-order chi connectivity index (χ0) is 21.8. The Kier molecular flexibility index (Phi) is 6.23. The molecule has 162 valence electrons. The highest BCUT2D eigenvalue weighted by Gasteiger charge is 2.26. The highest BCUT2D eigenvalue weighted by Crippen LogP contribution is 2.26. The smallest absolute Gasteiger partial charge is 0.268 e. The summed E-state index contributed by atoms with van der Waals surface area (Å²) in [6.07, 6.45) is 0. The topological polar surface area (TPSA) is 77.7 Å². The van der Waals surface area contributed by atoms with Crippen LogP contribution in [0, 0.1) is 0 Å². The summed E-state index contributed by atoms with van der Waals surface area (Å²) < 4.78 is 5.35. The molecule has 7 nitrogen and oxygen atoms in total. The predicted octanol–water partition coefficient (Wildman–Crippen LogP) is 2.64. The van der Waals surface area contributed by atoms with Gasteiger partial charge in [-0.05, 0) is 30.7 Å². The van der Waals surface area contributed by atoms with Crippen LogP contribution in [0.1, 0.15) is 23.0 Å². The van der Waals surface area contributed by atoms with Gasteiger partial charge < -0.3 is 19.9 Å². The van der Waals surface area contributed by atoms with E-state index in [1.165, 1.54) is 5.56 Å². The molecular formula is C24H28N4O3. The van der Waals surface area contributed by atoms with Crippen molar-refractivity contribution in [3.63, 3.8) is 0 Å². The third-order valence-corrected chi connectivity index (χ3v) is 5.74. The number of benzene rings is 2. The van der Waals surface area contributed by atoms with Gasteiger partial charge in [-0.15, -0.1) is 0 Å². The van der Waals surface area contributed by atoms with Crippen molar-refractivity contribution in [1.29, 1.82) is 0 Å². The molecule has 1 aliphatic rings. The fourth-order valence-electron chi connectivity index (χ4n) is 4.01. The van der Waals surface area contributed by atoms with Gasteiger partial charge in [0, 0.05) is 43.6 Å². The number of H-pyrrole nitrogens is 1. The largest absolute Gasteiger partial charge is 0.496 e. The lowest BCUT2D eigenvalue weighted by molar-refractivity contribution is -0.134. The van der Waals surface area contributed by atoms with Crippen molar-refractivity contribution in [2.24, 2.45) is 0 Å². The second-order valence-corrected chi connectivity index (χ2v) is 7.89. The first-order valence-corrected chi connectivity index (χ1v) is 10.6. The van der Waals surface area contributed by atoms with Crippen molar-refractivity contribution < 1.29 is 14.3 Å². The highest BCUT2D eigenvalue weighted by atomic mass is 16.5. The Balaban J connectivity index is 1.32. The van der Waals surface area contributed by atoms with Crippen molar-refractivity contribution in [1.82, 2.24) is 20.1 Å². The molecule has 31 heavy (non-hydrogen) atoms. The van der Waals surface area contributed by atoms with Crippen LogP contribution in [-0.2, 0) is 11.3 Å². The number of carbonyl (C=O) groups excluding carboxylic acids is 2. The van der Waals surface area contributed by atoms with Gasteiger partial charge in [0.05, 0.1) is 7.11 Å². The van der Waals surface area contributed by atoms with Gasteiger partial charge in [0.1, 0.15) is 17.5 Å². The summed E-state index contributed by atoms with van der Waals surface area (Å²) in [5.41, 5.74) is 2.50. The van der Waals surface area contributed by atoms with Crippen LogP contribution in [-0.4, -0.2) is 65.9 Å². The number of rotatable bonds is 6. The summed E-state index contributed by atoms with van der Waals surface area (Å²) in [7, 11) is 1.60. The summed E-state index contributed by atoms with van der Waals surface area (Å²) in [6, 6.07) is 17.1. The van der Waals surface area contributed by atoms with E-state index in [4.69, 9.17) is 4.74 Å². The van der Waals surface area contributed by atoms with E-state index in [0.717, 1.165) is 30.5 Å². The van der Waals surface area contributed by atoms with Crippen molar-refractivity contribution in [3.05, 3.63) is 65.9 Å². The molecule has 0 bridgehead atoms. The number of carbonyl (C=O) groups is 2. The number of hydrogen-bond acceptors (Lipinski definition) is 4. The molecule has 4 rings (SSSR count). The molecule has 1 saturated heterocycles. The van der Waals surface area contributed by atoms with E-state index in [1.54, 1.807) is 20.1 Å². The minimum absolute atomic E-state index is 0.0543. The van der Waals surface area contributed by atoms with E-state index in [-0.39, 0.29) is 11.8 Å². The van der Waals surface area contributed by atoms with E-state index < -0.39 is 6.04 Å². The Morgan fingerprint density at radius 1 is 1.06 bits per heavy atom. The number of ether oxygens (including phenoxy) is 1. The maximum atomic E-state index is 12.9. The van der Waals surface area contributed by atoms with Crippen molar-refractivity contribution in [3.8, 4) is 5.75 Å². The maximum Gasteiger partial charge on any atom is 0.268 e. The van der Waals surface area contributed by atoms with Crippen LogP contribution in [0.15, 0.2) is 54.6 Å². The molecule has 0 aliphatic carbocycles. The van der Waals surface area contributed by atoms with Gasteiger partial charge in [0.15, 0.2) is 0 Å². The van der Waals surface area contributed by atoms with E-state index >= 15 is 0 Å². The van der Waals surface area contributed by atoms with E-state index in [1.807, 2.05) is 41.3 Å². The van der Waals surface area contributed by atoms with E-state index in [0.29, 0.717) is 24.5 Å². The summed E-state index contributed by atoms with van der Waals surface area (Å²) in [4.78, 5) is 32.9. The van der Waals surface area contributed by atoms with Gasteiger partial charge >= 0.3 is 0 Å². The van der Waals surface area contributed by atoms with Crippen LogP contribution in [0.3, 0.4) is 0 Å². The normalized spacial score (nSPS) is 15.6. The van der Waals surface area contributed by atoms with Gasteiger partial charge in [-0.1, -0.05) is 36.4 Å². The third-order valence-electron chi connectivity index (χ3n) is 5.74. The lowest BCUT2D eigenvalue weighted by Crippen LogP contribution is -2.53. The Morgan fingerprint density at radius 3 is 2.52 bits per heavy atom. The van der Waals surface area contributed by atoms with E-state index in [2.05, 4.69) is 27.3 Å². The molecule has 0 radical (unpaired) electrons. The molecular weight excluding hydrogens is 392 g/mol. The number of aromatic nitrogens is 1. The summed E-state index contributed by atoms with van der Waals surface area (Å²) >= 11 is 0. The summed E-state index contributed by atoms with van der Waals surface area (Å²) in [5, 5.41) is 3.66. The second-order valence-electron chi connectivity index (χ2n) is 7.89. The average molecular weight is 421 g/mol. The van der Waals surface area contributed by atoms with Crippen molar-refractivity contribution >= 4 is 22.7 Å². The third kappa shape index (κ3) is 4.72. The molecule has 2 N–H and O–H groups in total. The minimum Gasteiger partial charge on any atom is -0.496 e. The van der Waals surface area contributed by atoms with E-state index in [9.17, 15) is 9.59 Å². The lowest BCUT2D eigenvalue weighted by atomic mass is 10.2. The van der Waals surface area contributed by atoms with Crippen molar-refractivity contribution in [2.75, 3.05) is 33.3 Å². The van der Waals surface area contributed by atoms with Gasteiger partial charge in [-0.3, -0.25) is 14.5 Å². The van der Waals surface area contributed by atoms with Crippen LogP contribution in [0.5, 0.6) is 5.75 Å². The highest BCUT2D eigenvalue weighted by molar-refractivity contribution is 6.01. The Bertz CT molecular complexity index is 1060. The molecule has 2 aromatic carbocycles. The van der Waals surface area contributed by atoms with Crippen LogP contribution >= 0.6 is 0 Å². The molecule has 7 heteroatoms. The number of piperazine rings is 1. The number of fused-ring (bicyclic) bond motifs is 1. The number of amides is 2. The van der Waals surface area contributed by atoms with Gasteiger partial charge in [0.25, 0.3) is 5.91 Å². The zero-order valence-corrected chi connectivity index (χ0v) is 17.9. The number of nitrogens with zero attached hydrogens (tertiary/aromatic N) is 2. The van der Waals surface area contributed by atoms with Crippen molar-refractivity contribution in [2.45, 2.75) is 19.5 Å². The first kappa shape index (κ1) is 20.9. The summed E-state index contributed by atoms with van der Waals surface area (Å²) in [6.45, 7) is 5.59. The quantitative estimate of drug-likeness (QED) is 0.643. The van der Waals surface area contributed by atoms with Crippen LogP contribution in [0.25, 0.3) is 10.9 Å². The molecule has 1 fully saturated rings. The van der Waals surface area contributed by atoms with Gasteiger partial charge in [-0.25, -0.2) is 0 Å². The molecule has 2 heterocycles. The average Bonchev–Trinajstić information content (AvgIpc) is 3.24. The molecule has 1 atom stereocenters. The summed E-state index contributed by atoms with van der Waals surface area (Å²) in [5.74, 6) is 0.341. The van der Waals surface area contributed by atoms with Gasteiger partial charge in [0.2, 0.25) is 5.91 Å². The molecule has 0 saturated carbocycles. The molecule has 1 unspecified atom stereocenters. The van der Waals surface area contributed by atoms with Crippen LogP contribution in [0.2, 0.25) is 0 Å². The number of hydrogen-bond donors (Lipinski definition) is 2. The molecule has 1 aliphatic heterocycles. The lowest BCUT2D eigenvalue weighted by Gasteiger charge is -2.36. The number of nitrogens with one attached hydrogen (secondary N) is 2. The Morgan fingerprint density at radius 2 is 1.81 bits per heavy atom. The number of aromatic amines is 1. The molecule has 0 spiro atoms. The maximum absolute atomic E-state index is 12.9. The predicted molar refractivity (Wildman–Crippen MR) is 120 cm³/mol. The molecule has 3 aromatic rings. The monoisotopic (exact) mass is 420 g/mol. The zero-order valence-electron chi connectivity index (χ0n) is 17.9. The standard InChI is InChI=1S/C24H28N4O3/c1-17(25-23(29)21-15-19-20(26-21)9-6-10-22(19)31-2)24(30)28-13-11-27(12-14-28)16-18-7-4-3-5-8-18/h3-10,15,17,26H,11-14,16H2,1-2H3,(H,25,29). The first-order chi connectivity index (χ1) is 15.0. The molecule has 2 amide bonds. The Labute approximate surface area is 182 Å². The first-order valence-electron chi connectivity index (χ1n) is 10.6. The minimum atomic E-state index is -0.596.